The van der Waals surface area contributed by atoms with Crippen molar-refractivity contribution < 1.29 is 9.59 Å². The van der Waals surface area contributed by atoms with Crippen molar-refractivity contribution in [3.8, 4) is 0 Å². The van der Waals surface area contributed by atoms with E-state index in [2.05, 4.69) is 10.6 Å². The number of rotatable bonds is 3. The number of carbonyl (C=O) groups is 2. The van der Waals surface area contributed by atoms with E-state index in [-0.39, 0.29) is 23.9 Å². The van der Waals surface area contributed by atoms with Gasteiger partial charge in [-0.1, -0.05) is 18.2 Å². The quantitative estimate of drug-likeness (QED) is 0.901. The minimum atomic E-state index is -0.167. The standard InChI is InChI=1S/C16H19N3O2/c1-10(2)17-15(20)8-12-9-19-13-6-4-3-5-11(13)7-14(19)16(21)18-12/h3-7,10,12H,8-9H2,1-2H3,(H,17,20)(H,18,21)/t12-/m0/s1. The highest BCUT2D eigenvalue weighted by Crippen LogP contribution is 2.23. The molecule has 2 amide bonds. The average Bonchev–Trinajstić information content (AvgIpc) is 2.77. The molecule has 0 saturated carbocycles. The molecular weight excluding hydrogens is 266 g/mol. The topological polar surface area (TPSA) is 63.1 Å². The molecular formula is C16H19N3O2. The first kappa shape index (κ1) is 13.7. The summed E-state index contributed by atoms with van der Waals surface area (Å²) in [4.78, 5) is 24.1. The number of fused-ring (bicyclic) bond motifs is 3. The highest BCUT2D eigenvalue weighted by molar-refractivity contribution is 6.00. The molecule has 0 unspecified atom stereocenters. The van der Waals surface area contributed by atoms with Gasteiger partial charge in [0.2, 0.25) is 5.91 Å². The van der Waals surface area contributed by atoms with E-state index in [9.17, 15) is 9.59 Å². The minimum absolute atomic E-state index is 0.0322. The molecule has 3 rings (SSSR count). The fourth-order valence-corrected chi connectivity index (χ4v) is 2.84. The molecule has 2 N–H and O–H groups in total. The van der Waals surface area contributed by atoms with Crippen LogP contribution in [0.2, 0.25) is 0 Å². The number of amides is 2. The van der Waals surface area contributed by atoms with Gasteiger partial charge >= 0.3 is 0 Å². The molecule has 2 heterocycles. The highest BCUT2D eigenvalue weighted by atomic mass is 16.2. The number of hydrogen-bond donors (Lipinski definition) is 2. The minimum Gasteiger partial charge on any atom is -0.354 e. The Kier molecular flexibility index (Phi) is 3.41. The summed E-state index contributed by atoms with van der Waals surface area (Å²) in [6.45, 7) is 4.48. The van der Waals surface area contributed by atoms with Gasteiger partial charge in [0, 0.05) is 29.9 Å². The van der Waals surface area contributed by atoms with Crippen LogP contribution in [-0.4, -0.2) is 28.5 Å². The largest absolute Gasteiger partial charge is 0.354 e. The maximum atomic E-state index is 12.2. The lowest BCUT2D eigenvalue weighted by Gasteiger charge is -2.26. The summed E-state index contributed by atoms with van der Waals surface area (Å²) in [5.41, 5.74) is 1.70. The normalized spacial score (nSPS) is 17.7. The van der Waals surface area contributed by atoms with Crippen LogP contribution in [0.5, 0.6) is 0 Å². The van der Waals surface area contributed by atoms with Crippen molar-refractivity contribution in [3.63, 3.8) is 0 Å². The van der Waals surface area contributed by atoms with Crippen molar-refractivity contribution >= 4 is 22.7 Å². The van der Waals surface area contributed by atoms with Gasteiger partial charge in [0.15, 0.2) is 0 Å². The van der Waals surface area contributed by atoms with E-state index < -0.39 is 0 Å². The summed E-state index contributed by atoms with van der Waals surface area (Å²) in [5.74, 6) is -0.144. The van der Waals surface area contributed by atoms with Gasteiger partial charge in [0.25, 0.3) is 5.91 Å². The fraction of sp³-hybridized carbons (Fsp3) is 0.375. The van der Waals surface area contributed by atoms with E-state index in [1.54, 1.807) is 0 Å². The number of nitrogens with one attached hydrogen (secondary N) is 2. The van der Waals surface area contributed by atoms with Crippen molar-refractivity contribution in [2.45, 2.75) is 38.9 Å². The molecule has 1 aromatic carbocycles. The van der Waals surface area contributed by atoms with Gasteiger partial charge in [0.05, 0.1) is 6.04 Å². The molecule has 110 valence electrons. The van der Waals surface area contributed by atoms with Crippen LogP contribution in [-0.2, 0) is 11.3 Å². The summed E-state index contributed by atoms with van der Waals surface area (Å²) in [7, 11) is 0. The van der Waals surface area contributed by atoms with Gasteiger partial charge < -0.3 is 15.2 Å². The lowest BCUT2D eigenvalue weighted by molar-refractivity contribution is -0.122. The molecule has 5 heteroatoms. The Bertz CT molecular complexity index is 703. The number of benzene rings is 1. The van der Waals surface area contributed by atoms with Crippen molar-refractivity contribution in [2.24, 2.45) is 0 Å². The molecule has 0 radical (unpaired) electrons. The van der Waals surface area contributed by atoms with Crippen molar-refractivity contribution in [2.75, 3.05) is 0 Å². The first-order valence-electron chi connectivity index (χ1n) is 7.23. The number of hydrogen-bond acceptors (Lipinski definition) is 2. The van der Waals surface area contributed by atoms with Crippen LogP contribution < -0.4 is 10.6 Å². The zero-order chi connectivity index (χ0) is 15.0. The lowest BCUT2D eigenvalue weighted by Crippen LogP contribution is -2.47. The summed E-state index contributed by atoms with van der Waals surface area (Å²) in [6.07, 6.45) is 0.301. The SMILES string of the molecule is CC(C)NC(=O)C[C@H]1Cn2c(cc3ccccc32)C(=O)N1. The Balaban J connectivity index is 1.84. The lowest BCUT2D eigenvalue weighted by atomic mass is 10.1. The number of nitrogens with zero attached hydrogens (tertiary/aromatic N) is 1. The van der Waals surface area contributed by atoms with Gasteiger partial charge in [-0.2, -0.15) is 0 Å². The van der Waals surface area contributed by atoms with Crippen LogP contribution in [0.3, 0.4) is 0 Å². The van der Waals surface area contributed by atoms with Gasteiger partial charge in [-0.15, -0.1) is 0 Å². The zero-order valence-corrected chi connectivity index (χ0v) is 12.2. The van der Waals surface area contributed by atoms with E-state index in [1.165, 1.54) is 0 Å². The summed E-state index contributed by atoms with van der Waals surface area (Å²) < 4.78 is 2.00. The summed E-state index contributed by atoms with van der Waals surface area (Å²) >= 11 is 0. The van der Waals surface area contributed by atoms with Gasteiger partial charge in [-0.25, -0.2) is 0 Å². The zero-order valence-electron chi connectivity index (χ0n) is 12.2. The second-order valence-corrected chi connectivity index (χ2v) is 5.80. The first-order valence-corrected chi connectivity index (χ1v) is 7.23. The molecule has 0 fully saturated rings. The van der Waals surface area contributed by atoms with E-state index in [4.69, 9.17) is 0 Å². The molecule has 1 aliphatic rings. The Morgan fingerprint density at radius 2 is 2.19 bits per heavy atom. The monoisotopic (exact) mass is 285 g/mol. The second kappa shape index (κ2) is 5.24. The number of carbonyl (C=O) groups excluding carboxylic acids is 2. The molecule has 0 bridgehead atoms. The third-order valence-corrected chi connectivity index (χ3v) is 3.66. The van der Waals surface area contributed by atoms with Gasteiger partial charge in [0.1, 0.15) is 5.69 Å². The summed E-state index contributed by atoms with van der Waals surface area (Å²) in [5, 5.41) is 6.83. The molecule has 1 aliphatic heterocycles. The van der Waals surface area contributed by atoms with Crippen molar-refractivity contribution in [1.29, 1.82) is 0 Å². The predicted octanol–water partition coefficient (Wildman–Crippen LogP) is 1.67. The first-order chi connectivity index (χ1) is 10.0. The van der Waals surface area contributed by atoms with Crippen molar-refractivity contribution in [3.05, 3.63) is 36.0 Å². The number of para-hydroxylation sites is 1. The molecule has 1 aromatic heterocycles. The predicted molar refractivity (Wildman–Crippen MR) is 81.1 cm³/mol. The fourth-order valence-electron chi connectivity index (χ4n) is 2.84. The molecule has 0 saturated heterocycles. The molecule has 2 aromatic rings. The van der Waals surface area contributed by atoms with E-state index in [1.807, 2.05) is 48.7 Å². The van der Waals surface area contributed by atoms with Gasteiger partial charge in [-0.3, -0.25) is 9.59 Å². The van der Waals surface area contributed by atoms with Crippen LogP contribution in [0.25, 0.3) is 10.9 Å². The summed E-state index contributed by atoms with van der Waals surface area (Å²) in [6, 6.07) is 9.76. The maximum Gasteiger partial charge on any atom is 0.268 e. The second-order valence-electron chi connectivity index (χ2n) is 5.80. The smallest absolute Gasteiger partial charge is 0.268 e. The van der Waals surface area contributed by atoms with Crippen LogP contribution in [0.4, 0.5) is 0 Å². The van der Waals surface area contributed by atoms with Gasteiger partial charge in [-0.05, 0) is 26.0 Å². The number of aromatic nitrogens is 1. The van der Waals surface area contributed by atoms with E-state index >= 15 is 0 Å². The van der Waals surface area contributed by atoms with E-state index in [0.717, 1.165) is 10.9 Å². The third kappa shape index (κ3) is 2.63. The Morgan fingerprint density at radius 3 is 2.95 bits per heavy atom. The maximum absolute atomic E-state index is 12.2. The van der Waals surface area contributed by atoms with Crippen LogP contribution in [0.15, 0.2) is 30.3 Å². The Morgan fingerprint density at radius 1 is 1.43 bits per heavy atom. The average molecular weight is 285 g/mol. The molecule has 0 aliphatic carbocycles. The van der Waals surface area contributed by atoms with Crippen molar-refractivity contribution in [1.82, 2.24) is 15.2 Å². The van der Waals surface area contributed by atoms with Crippen LogP contribution in [0.1, 0.15) is 30.8 Å². The Labute approximate surface area is 123 Å². The van der Waals surface area contributed by atoms with Crippen LogP contribution in [0, 0.1) is 0 Å². The van der Waals surface area contributed by atoms with Crippen LogP contribution >= 0.6 is 0 Å². The molecule has 0 spiro atoms. The molecule has 5 nitrogen and oxygen atoms in total. The highest BCUT2D eigenvalue weighted by Gasteiger charge is 2.27. The third-order valence-electron chi connectivity index (χ3n) is 3.66. The Hall–Kier alpha value is -2.30. The molecule has 21 heavy (non-hydrogen) atoms. The molecule has 1 atom stereocenters. The van der Waals surface area contributed by atoms with E-state index in [0.29, 0.717) is 18.7 Å².